The molecule has 0 aromatic heterocycles. The van der Waals surface area contributed by atoms with Gasteiger partial charge in [0, 0.05) is 12.1 Å². The molecule has 0 saturated heterocycles. The number of aliphatic hydroxyl groups is 1. The smallest absolute Gasteiger partial charge is 0.174 e. The highest BCUT2D eigenvalue weighted by Crippen LogP contribution is 2.39. The molecule has 1 aliphatic carbocycles. The maximum atomic E-state index is 12.3. The number of phenols is 2. The Hall–Kier alpha value is -2.89. The summed E-state index contributed by atoms with van der Waals surface area (Å²) in [6, 6.07) is 2.39. The number of aliphatic hydroxyl groups excluding tert-OH is 1. The van der Waals surface area contributed by atoms with Crippen molar-refractivity contribution in [2.45, 2.75) is 18.9 Å². The fourth-order valence-electron chi connectivity index (χ4n) is 2.72. The predicted octanol–water partition coefficient (Wildman–Crippen LogP) is 2.73. The quantitative estimate of drug-likeness (QED) is 0.776. The van der Waals surface area contributed by atoms with E-state index in [1.54, 1.807) is 6.08 Å². The number of ketones is 1. The molecule has 6 nitrogen and oxygen atoms in total. The van der Waals surface area contributed by atoms with Crippen molar-refractivity contribution in [3.8, 4) is 17.2 Å². The van der Waals surface area contributed by atoms with Gasteiger partial charge in [0.1, 0.15) is 28.9 Å². The predicted molar refractivity (Wildman–Crippen MR) is 81.6 cm³/mol. The van der Waals surface area contributed by atoms with Crippen LogP contribution in [0, 0.1) is 0 Å². The van der Waals surface area contributed by atoms with Crippen molar-refractivity contribution in [1.82, 2.24) is 0 Å². The maximum absolute atomic E-state index is 12.3. The number of Topliss-reactive ketones (excluding diaryl/α,β-unsaturated/α-hetero) is 1. The average molecular weight is 316 g/mol. The monoisotopic (exact) mass is 316 g/mol. The largest absolute Gasteiger partial charge is 0.508 e. The van der Waals surface area contributed by atoms with Crippen molar-refractivity contribution in [3.63, 3.8) is 0 Å². The van der Waals surface area contributed by atoms with Crippen LogP contribution >= 0.6 is 0 Å². The molecule has 1 aliphatic heterocycles. The molecule has 0 fully saturated rings. The Kier molecular flexibility index (Phi) is 3.73. The number of hydrogen-bond acceptors (Lipinski definition) is 6. The minimum absolute atomic E-state index is 0.0310. The zero-order valence-electron chi connectivity index (χ0n) is 12.4. The standard InChI is InChI=1S/C17H16O6/c1-22-14-4-2-3-9(5-11(14)19)15-8-13(21)17-12(20)6-10(18)7-16(17)23-15/h3-7,15,18-20H,2,8H2,1H3. The summed E-state index contributed by atoms with van der Waals surface area (Å²) < 4.78 is 10.8. The fourth-order valence-corrected chi connectivity index (χ4v) is 2.72. The van der Waals surface area contributed by atoms with Gasteiger partial charge in [-0.2, -0.15) is 0 Å². The minimum Gasteiger partial charge on any atom is -0.508 e. The lowest BCUT2D eigenvalue weighted by molar-refractivity contribution is 0.0882. The highest BCUT2D eigenvalue weighted by atomic mass is 16.5. The lowest BCUT2D eigenvalue weighted by Crippen LogP contribution is -2.28. The molecule has 3 rings (SSSR count). The SMILES string of the molecule is COC1=CCC=C(C2CC(=O)c3c(O)cc(O)cc3O2)C=C1O. The molecule has 3 N–H and O–H groups in total. The van der Waals surface area contributed by atoms with Gasteiger partial charge in [-0.05, 0) is 24.1 Å². The average Bonchev–Trinajstić information content (AvgIpc) is 2.67. The van der Waals surface area contributed by atoms with Crippen LogP contribution in [0.25, 0.3) is 0 Å². The summed E-state index contributed by atoms with van der Waals surface area (Å²) >= 11 is 0. The van der Waals surface area contributed by atoms with Crippen LogP contribution in [0.15, 0.2) is 47.5 Å². The second-order valence-electron chi connectivity index (χ2n) is 5.31. The van der Waals surface area contributed by atoms with Gasteiger partial charge in [0.25, 0.3) is 0 Å². The van der Waals surface area contributed by atoms with Crippen molar-refractivity contribution in [2.75, 3.05) is 7.11 Å². The first-order valence-corrected chi connectivity index (χ1v) is 7.10. The van der Waals surface area contributed by atoms with Gasteiger partial charge in [0.2, 0.25) is 0 Å². The van der Waals surface area contributed by atoms with Gasteiger partial charge in [0.15, 0.2) is 17.3 Å². The molecule has 0 amide bonds. The van der Waals surface area contributed by atoms with Gasteiger partial charge in [-0.15, -0.1) is 0 Å². The topological polar surface area (TPSA) is 96.2 Å². The third-order valence-electron chi connectivity index (χ3n) is 3.79. The molecule has 1 aromatic carbocycles. The van der Waals surface area contributed by atoms with E-state index in [9.17, 15) is 20.1 Å². The molecular weight excluding hydrogens is 300 g/mol. The van der Waals surface area contributed by atoms with Gasteiger partial charge in [0.05, 0.1) is 13.5 Å². The van der Waals surface area contributed by atoms with Gasteiger partial charge in [-0.25, -0.2) is 0 Å². The third-order valence-corrected chi connectivity index (χ3v) is 3.79. The molecule has 0 spiro atoms. The van der Waals surface area contributed by atoms with E-state index in [1.165, 1.54) is 19.3 Å². The zero-order chi connectivity index (χ0) is 16.6. The van der Waals surface area contributed by atoms with Gasteiger partial charge in [-0.1, -0.05) is 6.08 Å². The van der Waals surface area contributed by atoms with E-state index in [1.807, 2.05) is 6.08 Å². The van der Waals surface area contributed by atoms with E-state index in [0.29, 0.717) is 17.8 Å². The van der Waals surface area contributed by atoms with Crippen LogP contribution in [0.4, 0.5) is 0 Å². The summed E-state index contributed by atoms with van der Waals surface area (Å²) in [4.78, 5) is 12.3. The number of fused-ring (bicyclic) bond motifs is 1. The van der Waals surface area contributed by atoms with Crippen LogP contribution in [-0.2, 0) is 4.74 Å². The Morgan fingerprint density at radius 1 is 1.22 bits per heavy atom. The number of aromatic hydroxyl groups is 2. The highest BCUT2D eigenvalue weighted by Gasteiger charge is 2.31. The number of rotatable bonds is 2. The summed E-state index contributed by atoms with van der Waals surface area (Å²) in [7, 11) is 1.46. The highest BCUT2D eigenvalue weighted by molar-refractivity contribution is 6.03. The van der Waals surface area contributed by atoms with Crippen LogP contribution < -0.4 is 4.74 Å². The molecule has 0 saturated carbocycles. The van der Waals surface area contributed by atoms with E-state index in [-0.39, 0.29) is 40.8 Å². The summed E-state index contributed by atoms with van der Waals surface area (Å²) in [5.41, 5.74) is 0.699. The Labute approximate surface area is 132 Å². The van der Waals surface area contributed by atoms with Gasteiger partial charge in [-0.3, -0.25) is 4.79 Å². The summed E-state index contributed by atoms with van der Waals surface area (Å²) in [5.74, 6) is -0.342. The molecule has 1 atom stereocenters. The first-order valence-electron chi connectivity index (χ1n) is 7.10. The lowest BCUT2D eigenvalue weighted by Gasteiger charge is -2.26. The lowest BCUT2D eigenvalue weighted by atomic mass is 9.94. The number of hydrogen-bond donors (Lipinski definition) is 3. The summed E-state index contributed by atoms with van der Waals surface area (Å²) in [6.45, 7) is 0. The first-order chi connectivity index (χ1) is 11.0. The Balaban J connectivity index is 1.94. The Morgan fingerprint density at radius 3 is 2.74 bits per heavy atom. The molecule has 120 valence electrons. The number of allylic oxidation sites excluding steroid dienone is 2. The summed E-state index contributed by atoms with van der Waals surface area (Å²) in [5, 5.41) is 29.4. The molecule has 1 unspecified atom stereocenters. The van der Waals surface area contributed by atoms with E-state index in [0.717, 1.165) is 6.07 Å². The minimum atomic E-state index is -0.608. The van der Waals surface area contributed by atoms with E-state index in [2.05, 4.69) is 0 Å². The molecule has 0 radical (unpaired) electrons. The van der Waals surface area contributed by atoms with Crippen LogP contribution in [0.3, 0.4) is 0 Å². The molecular formula is C17H16O6. The molecule has 1 aromatic rings. The Morgan fingerprint density at radius 2 is 2.00 bits per heavy atom. The number of phenolic OH excluding ortho intramolecular Hbond substituents is 2. The van der Waals surface area contributed by atoms with Gasteiger partial charge >= 0.3 is 0 Å². The van der Waals surface area contributed by atoms with Crippen molar-refractivity contribution in [3.05, 3.63) is 53.0 Å². The van der Waals surface area contributed by atoms with Crippen molar-refractivity contribution < 1.29 is 29.6 Å². The van der Waals surface area contributed by atoms with E-state index >= 15 is 0 Å². The normalized spacial score (nSPS) is 20.5. The Bertz CT molecular complexity index is 757. The molecule has 6 heteroatoms. The number of carbonyl (C=O) groups excluding carboxylic acids is 1. The molecule has 2 aliphatic rings. The van der Waals surface area contributed by atoms with Crippen molar-refractivity contribution >= 4 is 5.78 Å². The van der Waals surface area contributed by atoms with Crippen LogP contribution in [0.5, 0.6) is 17.2 Å². The summed E-state index contributed by atoms with van der Waals surface area (Å²) in [6.07, 6.45) is 4.98. The van der Waals surface area contributed by atoms with Crippen LogP contribution in [0.2, 0.25) is 0 Å². The first kappa shape index (κ1) is 15.0. The molecule has 1 heterocycles. The molecule has 0 bridgehead atoms. The zero-order valence-corrected chi connectivity index (χ0v) is 12.4. The number of ether oxygens (including phenoxy) is 2. The van der Waals surface area contributed by atoms with E-state index < -0.39 is 6.10 Å². The fraction of sp³-hybridized carbons (Fsp3) is 0.235. The van der Waals surface area contributed by atoms with Gasteiger partial charge < -0.3 is 24.8 Å². The number of carbonyl (C=O) groups is 1. The third kappa shape index (κ3) is 2.75. The van der Waals surface area contributed by atoms with E-state index in [4.69, 9.17) is 9.47 Å². The van der Waals surface area contributed by atoms with Crippen LogP contribution in [-0.4, -0.2) is 34.3 Å². The number of benzene rings is 1. The number of methoxy groups -OCH3 is 1. The molecule has 23 heavy (non-hydrogen) atoms. The van der Waals surface area contributed by atoms with Crippen molar-refractivity contribution in [1.29, 1.82) is 0 Å². The van der Waals surface area contributed by atoms with Crippen molar-refractivity contribution in [2.24, 2.45) is 0 Å². The maximum Gasteiger partial charge on any atom is 0.174 e. The second-order valence-corrected chi connectivity index (χ2v) is 5.31. The second kappa shape index (κ2) is 5.72. The van der Waals surface area contributed by atoms with Crippen LogP contribution in [0.1, 0.15) is 23.2 Å².